The summed E-state index contributed by atoms with van der Waals surface area (Å²) in [5.74, 6) is 1.31. The van der Waals surface area contributed by atoms with E-state index in [1.807, 2.05) is 24.3 Å². The van der Waals surface area contributed by atoms with E-state index in [0.29, 0.717) is 12.4 Å². The number of carbonyl (C=O) groups is 1. The first-order valence-corrected chi connectivity index (χ1v) is 6.83. The van der Waals surface area contributed by atoms with Gasteiger partial charge in [0.1, 0.15) is 5.75 Å². The SMILES string of the molecule is CCOC(=O)Oc1ccc(C2=CCC(C)CC2)cc1. The maximum atomic E-state index is 11.2. The maximum absolute atomic E-state index is 11.2. The van der Waals surface area contributed by atoms with Gasteiger partial charge in [-0.25, -0.2) is 4.79 Å². The van der Waals surface area contributed by atoms with Crippen LogP contribution >= 0.6 is 0 Å². The predicted molar refractivity (Wildman–Crippen MR) is 75.1 cm³/mol. The van der Waals surface area contributed by atoms with Gasteiger partial charge in [0.25, 0.3) is 0 Å². The fourth-order valence-electron chi connectivity index (χ4n) is 2.21. The average molecular weight is 260 g/mol. The lowest BCUT2D eigenvalue weighted by Gasteiger charge is -2.18. The molecule has 3 heteroatoms. The molecule has 102 valence electrons. The number of rotatable bonds is 3. The Kier molecular flexibility index (Phi) is 4.61. The number of ether oxygens (including phenoxy) is 2. The molecule has 0 aromatic heterocycles. The molecule has 0 radical (unpaired) electrons. The van der Waals surface area contributed by atoms with E-state index >= 15 is 0 Å². The van der Waals surface area contributed by atoms with Crippen LogP contribution < -0.4 is 4.74 Å². The molecule has 0 saturated heterocycles. The fourth-order valence-corrected chi connectivity index (χ4v) is 2.21. The van der Waals surface area contributed by atoms with E-state index in [0.717, 1.165) is 18.8 Å². The molecule has 1 aromatic rings. The summed E-state index contributed by atoms with van der Waals surface area (Å²) in [6.45, 7) is 4.35. The van der Waals surface area contributed by atoms with Crippen molar-refractivity contribution in [3.63, 3.8) is 0 Å². The molecule has 1 aromatic carbocycles. The van der Waals surface area contributed by atoms with E-state index in [2.05, 4.69) is 13.0 Å². The summed E-state index contributed by atoms with van der Waals surface area (Å²) in [6, 6.07) is 7.61. The van der Waals surface area contributed by atoms with Crippen molar-refractivity contribution in [1.29, 1.82) is 0 Å². The standard InChI is InChI=1S/C16H20O3/c1-3-18-16(17)19-15-10-8-14(9-11-15)13-6-4-12(2)5-7-13/h6,8-12H,3-5,7H2,1-2H3. The van der Waals surface area contributed by atoms with E-state index in [4.69, 9.17) is 9.47 Å². The van der Waals surface area contributed by atoms with Crippen LogP contribution in [0.1, 0.15) is 38.7 Å². The number of hydrogen-bond donors (Lipinski definition) is 0. The summed E-state index contributed by atoms with van der Waals surface area (Å²) in [6.07, 6.45) is 5.18. The monoisotopic (exact) mass is 260 g/mol. The molecule has 3 nitrogen and oxygen atoms in total. The van der Waals surface area contributed by atoms with Crippen molar-refractivity contribution in [3.05, 3.63) is 35.9 Å². The second-order valence-electron chi connectivity index (χ2n) is 4.92. The summed E-state index contributed by atoms with van der Waals surface area (Å²) in [4.78, 5) is 11.2. The van der Waals surface area contributed by atoms with Crippen molar-refractivity contribution in [2.75, 3.05) is 6.61 Å². The van der Waals surface area contributed by atoms with Gasteiger partial charge in [0.05, 0.1) is 6.61 Å². The Hall–Kier alpha value is -1.77. The van der Waals surface area contributed by atoms with Gasteiger partial charge in [0.2, 0.25) is 0 Å². The second-order valence-corrected chi connectivity index (χ2v) is 4.92. The van der Waals surface area contributed by atoms with Gasteiger partial charge in [-0.3, -0.25) is 0 Å². The van der Waals surface area contributed by atoms with E-state index in [1.54, 1.807) is 6.92 Å². The molecule has 0 aliphatic heterocycles. The highest BCUT2D eigenvalue weighted by Crippen LogP contribution is 2.30. The molecular formula is C16H20O3. The van der Waals surface area contributed by atoms with Gasteiger partial charge in [-0.05, 0) is 55.4 Å². The lowest BCUT2D eigenvalue weighted by atomic mass is 9.88. The van der Waals surface area contributed by atoms with Gasteiger partial charge in [-0.15, -0.1) is 0 Å². The van der Waals surface area contributed by atoms with Gasteiger partial charge >= 0.3 is 6.16 Å². The molecule has 2 rings (SSSR count). The lowest BCUT2D eigenvalue weighted by molar-refractivity contribution is 0.104. The van der Waals surface area contributed by atoms with Crippen LogP contribution in [0.3, 0.4) is 0 Å². The summed E-state index contributed by atoms with van der Waals surface area (Å²) >= 11 is 0. The second kappa shape index (κ2) is 6.41. The smallest absolute Gasteiger partial charge is 0.434 e. The van der Waals surface area contributed by atoms with Crippen LogP contribution in [0.25, 0.3) is 5.57 Å². The largest absolute Gasteiger partial charge is 0.513 e. The molecule has 1 atom stereocenters. The van der Waals surface area contributed by atoms with Crippen molar-refractivity contribution in [1.82, 2.24) is 0 Å². The van der Waals surface area contributed by atoms with Crippen LogP contribution in [-0.4, -0.2) is 12.8 Å². The van der Waals surface area contributed by atoms with Gasteiger partial charge in [0.15, 0.2) is 0 Å². The molecule has 0 heterocycles. The highest BCUT2D eigenvalue weighted by molar-refractivity contribution is 5.68. The van der Waals surface area contributed by atoms with Gasteiger partial charge in [-0.1, -0.05) is 25.1 Å². The van der Waals surface area contributed by atoms with Crippen molar-refractivity contribution in [3.8, 4) is 5.75 Å². The molecule has 0 fully saturated rings. The van der Waals surface area contributed by atoms with Gasteiger partial charge in [0, 0.05) is 0 Å². The molecule has 1 aliphatic carbocycles. The summed E-state index contributed by atoms with van der Waals surface area (Å²) in [5, 5.41) is 0. The van der Waals surface area contributed by atoms with Crippen LogP contribution in [0.15, 0.2) is 30.3 Å². The van der Waals surface area contributed by atoms with Crippen molar-refractivity contribution in [2.24, 2.45) is 5.92 Å². The minimum absolute atomic E-state index is 0.321. The van der Waals surface area contributed by atoms with Crippen LogP contribution in [0.2, 0.25) is 0 Å². The molecule has 19 heavy (non-hydrogen) atoms. The normalized spacial score (nSPS) is 18.6. The third-order valence-corrected chi connectivity index (χ3v) is 3.36. The molecule has 1 unspecified atom stereocenters. The topological polar surface area (TPSA) is 35.5 Å². The highest BCUT2D eigenvalue weighted by atomic mass is 16.7. The first kappa shape index (κ1) is 13.7. The Morgan fingerprint density at radius 1 is 1.32 bits per heavy atom. The zero-order valence-electron chi connectivity index (χ0n) is 11.5. The van der Waals surface area contributed by atoms with E-state index < -0.39 is 6.16 Å². The Balaban J connectivity index is 2.00. The van der Waals surface area contributed by atoms with Crippen molar-refractivity contribution < 1.29 is 14.3 Å². The third kappa shape index (κ3) is 3.85. The van der Waals surface area contributed by atoms with E-state index in [1.165, 1.54) is 17.6 Å². The Labute approximate surface area is 114 Å². The van der Waals surface area contributed by atoms with E-state index in [-0.39, 0.29) is 0 Å². The number of allylic oxidation sites excluding steroid dienone is 2. The molecule has 0 bridgehead atoms. The molecule has 0 amide bonds. The zero-order valence-corrected chi connectivity index (χ0v) is 11.5. The zero-order chi connectivity index (χ0) is 13.7. The van der Waals surface area contributed by atoms with Crippen LogP contribution in [0.4, 0.5) is 4.79 Å². The van der Waals surface area contributed by atoms with Gasteiger partial charge in [-0.2, -0.15) is 0 Å². The molecule has 0 saturated carbocycles. The molecule has 0 spiro atoms. The summed E-state index contributed by atoms with van der Waals surface area (Å²) in [7, 11) is 0. The number of hydrogen-bond acceptors (Lipinski definition) is 3. The van der Waals surface area contributed by atoms with Crippen LogP contribution in [0.5, 0.6) is 5.75 Å². The Morgan fingerprint density at radius 3 is 2.63 bits per heavy atom. The van der Waals surface area contributed by atoms with E-state index in [9.17, 15) is 4.79 Å². The third-order valence-electron chi connectivity index (χ3n) is 3.36. The molecule has 0 N–H and O–H groups in total. The quantitative estimate of drug-likeness (QED) is 0.596. The average Bonchev–Trinajstić information content (AvgIpc) is 2.41. The maximum Gasteiger partial charge on any atom is 0.513 e. The molecule has 1 aliphatic rings. The predicted octanol–water partition coefficient (Wildman–Crippen LogP) is 4.43. The van der Waals surface area contributed by atoms with Crippen molar-refractivity contribution in [2.45, 2.75) is 33.1 Å². The highest BCUT2D eigenvalue weighted by Gasteiger charge is 2.12. The minimum Gasteiger partial charge on any atom is -0.434 e. The minimum atomic E-state index is -0.652. The summed E-state index contributed by atoms with van der Waals surface area (Å²) in [5.41, 5.74) is 2.60. The lowest BCUT2D eigenvalue weighted by Crippen LogP contribution is -2.09. The number of carbonyl (C=O) groups excluding carboxylic acids is 1. The van der Waals surface area contributed by atoms with Gasteiger partial charge < -0.3 is 9.47 Å². The summed E-state index contributed by atoms with van der Waals surface area (Å²) < 4.78 is 9.77. The van der Waals surface area contributed by atoms with Crippen LogP contribution in [0, 0.1) is 5.92 Å². The Bertz CT molecular complexity index is 459. The first-order valence-electron chi connectivity index (χ1n) is 6.83. The first-order chi connectivity index (χ1) is 9.19. The van der Waals surface area contributed by atoms with Crippen molar-refractivity contribution >= 4 is 11.7 Å². The molecular weight excluding hydrogens is 240 g/mol. The Morgan fingerprint density at radius 2 is 2.05 bits per heavy atom. The fraction of sp³-hybridized carbons (Fsp3) is 0.438. The van der Waals surface area contributed by atoms with Crippen LogP contribution in [-0.2, 0) is 4.74 Å². The number of benzene rings is 1.